The van der Waals surface area contributed by atoms with Crippen molar-refractivity contribution < 1.29 is 0 Å². The molecule has 0 N–H and O–H groups in total. The standard InChI is InChI=1S/C16H11Br2ClS/c1-9-10(4-3-7-14(9)19)15(18)12-8-20-16-11(12)5-2-6-13(16)17/h2-8,15H,1H3. The Labute approximate surface area is 144 Å². The Bertz CT molecular complexity index is 779. The Morgan fingerprint density at radius 2 is 1.85 bits per heavy atom. The summed E-state index contributed by atoms with van der Waals surface area (Å²) in [6.07, 6.45) is 0. The third-order valence-electron chi connectivity index (χ3n) is 3.44. The quantitative estimate of drug-likeness (QED) is 0.380. The average Bonchev–Trinajstić information content (AvgIpc) is 2.86. The fourth-order valence-electron chi connectivity index (χ4n) is 2.30. The van der Waals surface area contributed by atoms with Crippen molar-refractivity contribution >= 4 is 64.9 Å². The van der Waals surface area contributed by atoms with Crippen molar-refractivity contribution in [2.45, 2.75) is 11.8 Å². The molecule has 0 saturated carbocycles. The molecule has 1 unspecified atom stereocenters. The van der Waals surface area contributed by atoms with E-state index in [0.717, 1.165) is 15.1 Å². The summed E-state index contributed by atoms with van der Waals surface area (Å²) in [6, 6.07) is 12.4. The predicted octanol–water partition coefficient (Wildman–Crippen LogP) is 7.11. The second-order valence-corrected chi connectivity index (χ2v) is 7.68. The molecule has 0 aliphatic heterocycles. The highest BCUT2D eigenvalue weighted by atomic mass is 79.9. The first-order chi connectivity index (χ1) is 9.59. The van der Waals surface area contributed by atoms with Gasteiger partial charge < -0.3 is 0 Å². The third-order valence-corrected chi connectivity index (χ3v) is 6.80. The summed E-state index contributed by atoms with van der Waals surface area (Å²) in [5.41, 5.74) is 3.64. The van der Waals surface area contributed by atoms with Crippen LogP contribution in [0.4, 0.5) is 0 Å². The zero-order valence-electron chi connectivity index (χ0n) is 10.7. The molecule has 0 spiro atoms. The van der Waals surface area contributed by atoms with E-state index in [-0.39, 0.29) is 4.83 Å². The normalized spacial score (nSPS) is 12.8. The minimum absolute atomic E-state index is 0.157. The lowest BCUT2D eigenvalue weighted by molar-refractivity contribution is 1.17. The minimum atomic E-state index is 0.157. The predicted molar refractivity (Wildman–Crippen MR) is 96.5 cm³/mol. The van der Waals surface area contributed by atoms with E-state index in [4.69, 9.17) is 11.6 Å². The number of alkyl halides is 1. The van der Waals surface area contributed by atoms with E-state index in [1.54, 1.807) is 11.3 Å². The van der Waals surface area contributed by atoms with Crippen molar-refractivity contribution in [2.24, 2.45) is 0 Å². The van der Waals surface area contributed by atoms with Gasteiger partial charge in [-0.15, -0.1) is 11.3 Å². The molecule has 3 rings (SSSR count). The average molecular weight is 431 g/mol. The maximum absolute atomic E-state index is 6.24. The van der Waals surface area contributed by atoms with Gasteiger partial charge in [-0.05, 0) is 62.4 Å². The SMILES string of the molecule is Cc1c(Cl)cccc1C(Br)c1csc2c(Br)cccc12. The molecule has 0 radical (unpaired) electrons. The number of hydrogen-bond donors (Lipinski definition) is 0. The van der Waals surface area contributed by atoms with Gasteiger partial charge in [-0.2, -0.15) is 0 Å². The van der Waals surface area contributed by atoms with Crippen LogP contribution in [0.1, 0.15) is 21.5 Å². The van der Waals surface area contributed by atoms with Crippen LogP contribution in [-0.4, -0.2) is 0 Å². The van der Waals surface area contributed by atoms with Crippen molar-refractivity contribution in [3.8, 4) is 0 Å². The largest absolute Gasteiger partial charge is 0.142 e. The Morgan fingerprint density at radius 3 is 2.65 bits per heavy atom. The van der Waals surface area contributed by atoms with Gasteiger partial charge in [0.25, 0.3) is 0 Å². The van der Waals surface area contributed by atoms with Gasteiger partial charge in [0.2, 0.25) is 0 Å². The lowest BCUT2D eigenvalue weighted by atomic mass is 10.00. The first-order valence-electron chi connectivity index (χ1n) is 6.14. The molecule has 0 fully saturated rings. The maximum Gasteiger partial charge on any atom is 0.0661 e. The van der Waals surface area contributed by atoms with Crippen LogP contribution < -0.4 is 0 Å². The van der Waals surface area contributed by atoms with E-state index in [9.17, 15) is 0 Å². The molecule has 4 heteroatoms. The molecule has 102 valence electrons. The highest BCUT2D eigenvalue weighted by Gasteiger charge is 2.18. The number of rotatable bonds is 2. The molecule has 0 bridgehead atoms. The molecule has 0 nitrogen and oxygen atoms in total. The fourth-order valence-corrected chi connectivity index (χ4v) is 5.18. The van der Waals surface area contributed by atoms with E-state index < -0.39 is 0 Å². The lowest BCUT2D eigenvalue weighted by Crippen LogP contribution is -1.95. The molecule has 0 amide bonds. The molecule has 20 heavy (non-hydrogen) atoms. The van der Waals surface area contributed by atoms with Crippen molar-refractivity contribution in [1.29, 1.82) is 0 Å². The van der Waals surface area contributed by atoms with Crippen LogP contribution in [0, 0.1) is 6.92 Å². The van der Waals surface area contributed by atoms with Crippen LogP contribution in [0.3, 0.4) is 0 Å². The lowest BCUT2D eigenvalue weighted by Gasteiger charge is -2.14. The first kappa shape index (κ1) is 14.6. The van der Waals surface area contributed by atoms with E-state index in [1.165, 1.54) is 21.2 Å². The van der Waals surface area contributed by atoms with Gasteiger partial charge in [0.15, 0.2) is 0 Å². The molecule has 1 atom stereocenters. The van der Waals surface area contributed by atoms with Crippen molar-refractivity contribution in [3.63, 3.8) is 0 Å². The molecule has 2 aromatic carbocycles. The van der Waals surface area contributed by atoms with Crippen LogP contribution in [0.15, 0.2) is 46.3 Å². The molecular formula is C16H11Br2ClS. The first-order valence-corrected chi connectivity index (χ1v) is 9.11. The summed E-state index contributed by atoms with van der Waals surface area (Å²) in [7, 11) is 0. The Morgan fingerprint density at radius 1 is 1.10 bits per heavy atom. The van der Waals surface area contributed by atoms with Crippen LogP contribution in [0.2, 0.25) is 5.02 Å². The van der Waals surface area contributed by atoms with Gasteiger partial charge in [0, 0.05) is 14.2 Å². The second-order valence-electron chi connectivity index (χ2n) is 4.62. The molecule has 1 aromatic heterocycles. The van der Waals surface area contributed by atoms with Crippen LogP contribution in [0.5, 0.6) is 0 Å². The third kappa shape index (κ3) is 2.45. The summed E-state index contributed by atoms with van der Waals surface area (Å²) in [4.78, 5) is 0.157. The molecule has 3 aromatic rings. The number of hydrogen-bond acceptors (Lipinski definition) is 1. The Balaban J connectivity index is 2.16. The molecule has 1 heterocycles. The van der Waals surface area contributed by atoms with Gasteiger partial charge >= 0.3 is 0 Å². The van der Waals surface area contributed by atoms with E-state index in [0.29, 0.717) is 0 Å². The van der Waals surface area contributed by atoms with E-state index in [1.807, 2.05) is 12.1 Å². The summed E-state index contributed by atoms with van der Waals surface area (Å²) < 4.78 is 2.43. The topological polar surface area (TPSA) is 0 Å². The summed E-state index contributed by atoms with van der Waals surface area (Å²) in [6.45, 7) is 2.07. The van der Waals surface area contributed by atoms with E-state index in [2.05, 4.69) is 68.4 Å². The molecule has 0 aliphatic carbocycles. The minimum Gasteiger partial charge on any atom is -0.142 e. The van der Waals surface area contributed by atoms with Crippen molar-refractivity contribution in [1.82, 2.24) is 0 Å². The van der Waals surface area contributed by atoms with Crippen molar-refractivity contribution in [2.75, 3.05) is 0 Å². The zero-order valence-corrected chi connectivity index (χ0v) is 15.4. The van der Waals surface area contributed by atoms with Gasteiger partial charge in [-0.3, -0.25) is 0 Å². The number of thiophene rings is 1. The summed E-state index contributed by atoms with van der Waals surface area (Å²) in [5, 5.41) is 4.31. The number of halogens is 3. The highest BCUT2D eigenvalue weighted by Crippen LogP contribution is 2.42. The summed E-state index contributed by atoms with van der Waals surface area (Å²) >= 11 is 15.5. The number of benzene rings is 2. The number of fused-ring (bicyclic) bond motifs is 1. The summed E-state index contributed by atoms with van der Waals surface area (Å²) in [5.74, 6) is 0. The van der Waals surface area contributed by atoms with Gasteiger partial charge in [-0.1, -0.05) is 51.8 Å². The zero-order chi connectivity index (χ0) is 14.3. The molecular weight excluding hydrogens is 420 g/mol. The maximum atomic E-state index is 6.24. The Kier molecular flexibility index (Phi) is 4.23. The van der Waals surface area contributed by atoms with Gasteiger partial charge in [-0.25, -0.2) is 0 Å². The fraction of sp³-hybridized carbons (Fsp3) is 0.125. The van der Waals surface area contributed by atoms with Crippen LogP contribution in [-0.2, 0) is 0 Å². The van der Waals surface area contributed by atoms with Crippen molar-refractivity contribution in [3.05, 3.63) is 68.0 Å². The van der Waals surface area contributed by atoms with Gasteiger partial charge in [0.1, 0.15) is 0 Å². The molecule has 0 aliphatic rings. The Hall–Kier alpha value is -0.350. The smallest absolute Gasteiger partial charge is 0.0661 e. The van der Waals surface area contributed by atoms with Gasteiger partial charge in [0.05, 0.1) is 4.83 Å². The second kappa shape index (κ2) is 5.80. The molecule has 0 saturated heterocycles. The van der Waals surface area contributed by atoms with Crippen LogP contribution in [0.25, 0.3) is 10.1 Å². The monoisotopic (exact) mass is 428 g/mol. The highest BCUT2D eigenvalue weighted by molar-refractivity contribution is 9.10. The van der Waals surface area contributed by atoms with Crippen LogP contribution >= 0.6 is 54.8 Å². The van der Waals surface area contributed by atoms with E-state index >= 15 is 0 Å².